The number of carbonyl (C=O) groups excluding carboxylic acids is 3. The molecule has 1 N–H and O–H groups in total. The van der Waals surface area contributed by atoms with Gasteiger partial charge in [0.15, 0.2) is 6.61 Å². The highest BCUT2D eigenvalue weighted by Gasteiger charge is 2.17. The molecule has 0 unspecified atom stereocenters. The van der Waals surface area contributed by atoms with Crippen molar-refractivity contribution in [2.75, 3.05) is 32.1 Å². The number of likely N-dealkylation sites (N-methyl/N-ethyl adjacent to an activating group) is 1. The Bertz CT molecular complexity index is 918. The molecule has 0 saturated heterocycles. The number of anilines is 1. The molecule has 0 bridgehead atoms. The zero-order chi connectivity index (χ0) is 23.7. The summed E-state index contributed by atoms with van der Waals surface area (Å²) in [6, 6.07) is 12.3. The van der Waals surface area contributed by atoms with Crippen LogP contribution in [0.15, 0.2) is 42.5 Å². The number of rotatable bonds is 10. The molecular weight excluding hydrogens is 408 g/mol. The van der Waals surface area contributed by atoms with Gasteiger partial charge in [-0.1, -0.05) is 32.0 Å². The van der Waals surface area contributed by atoms with E-state index < -0.39 is 18.5 Å². The lowest BCUT2D eigenvalue weighted by molar-refractivity contribution is -0.136. The molecular formula is C25H32N2O5. The number of amides is 2. The van der Waals surface area contributed by atoms with Crippen molar-refractivity contribution in [3.8, 4) is 5.75 Å². The highest BCUT2D eigenvalue weighted by molar-refractivity contribution is 5.96. The highest BCUT2D eigenvalue weighted by Crippen LogP contribution is 2.19. The SMILES string of the molecule is Cc1cccc(C)c1NC(=O)CN(C)C(=O)COC(=O)c1ccc(OCCC(C)C)cc1. The normalized spacial score (nSPS) is 10.6. The first-order chi connectivity index (χ1) is 15.2. The van der Waals surface area contributed by atoms with Crippen molar-refractivity contribution < 1.29 is 23.9 Å². The summed E-state index contributed by atoms with van der Waals surface area (Å²) < 4.78 is 10.7. The van der Waals surface area contributed by atoms with Crippen LogP contribution < -0.4 is 10.1 Å². The Morgan fingerprint density at radius 3 is 2.22 bits per heavy atom. The van der Waals surface area contributed by atoms with E-state index in [4.69, 9.17) is 9.47 Å². The first-order valence-electron chi connectivity index (χ1n) is 10.7. The first kappa shape index (κ1) is 24.9. The summed E-state index contributed by atoms with van der Waals surface area (Å²) in [6.45, 7) is 8.07. The van der Waals surface area contributed by atoms with Crippen LogP contribution in [0.1, 0.15) is 41.8 Å². The highest BCUT2D eigenvalue weighted by atomic mass is 16.5. The van der Waals surface area contributed by atoms with Gasteiger partial charge in [0.1, 0.15) is 5.75 Å². The molecule has 0 aromatic heterocycles. The summed E-state index contributed by atoms with van der Waals surface area (Å²) in [5.74, 6) is -0.174. The number of esters is 1. The zero-order valence-electron chi connectivity index (χ0n) is 19.4. The maximum atomic E-state index is 12.3. The smallest absolute Gasteiger partial charge is 0.338 e. The van der Waals surface area contributed by atoms with Crippen LogP contribution in [0.3, 0.4) is 0 Å². The summed E-state index contributed by atoms with van der Waals surface area (Å²) in [4.78, 5) is 38.0. The van der Waals surface area contributed by atoms with E-state index in [2.05, 4.69) is 19.2 Å². The standard InChI is InChI=1S/C25H32N2O5/c1-17(2)13-14-31-21-11-9-20(10-12-21)25(30)32-16-23(29)27(5)15-22(28)26-24-18(3)7-6-8-19(24)4/h6-12,17H,13-16H2,1-5H3,(H,26,28). The number of aryl methyl sites for hydroxylation is 2. The second-order valence-electron chi connectivity index (χ2n) is 8.20. The fourth-order valence-corrected chi connectivity index (χ4v) is 2.91. The molecule has 2 aromatic rings. The summed E-state index contributed by atoms with van der Waals surface area (Å²) >= 11 is 0. The number of nitrogens with zero attached hydrogens (tertiary/aromatic N) is 1. The van der Waals surface area contributed by atoms with Crippen molar-refractivity contribution >= 4 is 23.5 Å². The average Bonchev–Trinajstić information content (AvgIpc) is 2.74. The molecule has 172 valence electrons. The van der Waals surface area contributed by atoms with Gasteiger partial charge in [-0.05, 0) is 61.6 Å². The Morgan fingerprint density at radius 2 is 1.62 bits per heavy atom. The van der Waals surface area contributed by atoms with E-state index in [-0.39, 0.29) is 12.5 Å². The van der Waals surface area contributed by atoms with Gasteiger partial charge in [-0.15, -0.1) is 0 Å². The van der Waals surface area contributed by atoms with Gasteiger partial charge < -0.3 is 19.7 Å². The zero-order valence-corrected chi connectivity index (χ0v) is 19.4. The minimum Gasteiger partial charge on any atom is -0.494 e. The minimum atomic E-state index is -0.611. The van der Waals surface area contributed by atoms with Crippen LogP contribution in [0.5, 0.6) is 5.75 Å². The van der Waals surface area contributed by atoms with Gasteiger partial charge >= 0.3 is 5.97 Å². The average molecular weight is 441 g/mol. The molecule has 0 spiro atoms. The quantitative estimate of drug-likeness (QED) is 0.565. The Balaban J connectivity index is 1.79. The lowest BCUT2D eigenvalue weighted by Crippen LogP contribution is -2.37. The van der Waals surface area contributed by atoms with Gasteiger partial charge in [0, 0.05) is 12.7 Å². The Labute approximate surface area is 189 Å². The van der Waals surface area contributed by atoms with E-state index in [0.717, 1.165) is 23.2 Å². The topological polar surface area (TPSA) is 84.9 Å². The lowest BCUT2D eigenvalue weighted by atomic mass is 10.1. The van der Waals surface area contributed by atoms with Crippen molar-refractivity contribution in [3.63, 3.8) is 0 Å². The molecule has 2 rings (SSSR count). The fourth-order valence-electron chi connectivity index (χ4n) is 2.91. The number of benzene rings is 2. The van der Waals surface area contributed by atoms with Crippen LogP contribution in [0.2, 0.25) is 0 Å². The third kappa shape index (κ3) is 7.72. The summed E-state index contributed by atoms with van der Waals surface area (Å²) in [5, 5.41) is 2.83. The van der Waals surface area contributed by atoms with Gasteiger partial charge in [0.25, 0.3) is 5.91 Å². The third-order valence-corrected chi connectivity index (χ3v) is 4.93. The minimum absolute atomic E-state index is 0.146. The lowest BCUT2D eigenvalue weighted by Gasteiger charge is -2.18. The second-order valence-corrected chi connectivity index (χ2v) is 8.20. The van der Waals surface area contributed by atoms with Gasteiger partial charge in [-0.2, -0.15) is 0 Å². The first-order valence-corrected chi connectivity index (χ1v) is 10.7. The van der Waals surface area contributed by atoms with Gasteiger partial charge in [0.05, 0.1) is 18.7 Å². The Kier molecular flexibility index (Phi) is 9.25. The number of hydrogen-bond acceptors (Lipinski definition) is 5. The van der Waals surface area contributed by atoms with Gasteiger partial charge in [-0.3, -0.25) is 9.59 Å². The molecule has 0 aliphatic heterocycles. The molecule has 0 heterocycles. The van der Waals surface area contributed by atoms with Gasteiger partial charge in [0.2, 0.25) is 5.91 Å². The fraction of sp³-hybridized carbons (Fsp3) is 0.400. The third-order valence-electron chi connectivity index (χ3n) is 4.93. The van der Waals surface area contributed by atoms with Gasteiger partial charge in [-0.25, -0.2) is 4.79 Å². The molecule has 0 fully saturated rings. The van der Waals surface area contributed by atoms with Crippen LogP contribution in [-0.2, 0) is 14.3 Å². The summed E-state index contributed by atoms with van der Waals surface area (Å²) in [7, 11) is 1.49. The molecule has 7 heteroatoms. The maximum Gasteiger partial charge on any atom is 0.338 e. The van der Waals surface area contributed by atoms with Crippen molar-refractivity contribution in [1.82, 2.24) is 4.90 Å². The van der Waals surface area contributed by atoms with Crippen molar-refractivity contribution in [2.45, 2.75) is 34.1 Å². The van der Waals surface area contributed by atoms with Crippen LogP contribution in [-0.4, -0.2) is 49.5 Å². The monoisotopic (exact) mass is 440 g/mol. The largest absolute Gasteiger partial charge is 0.494 e. The second kappa shape index (κ2) is 11.9. The van der Waals surface area contributed by atoms with Crippen molar-refractivity contribution in [2.24, 2.45) is 5.92 Å². The number of carbonyl (C=O) groups is 3. The molecule has 2 amide bonds. The molecule has 0 saturated carbocycles. The van der Waals surface area contributed by atoms with E-state index in [1.165, 1.54) is 11.9 Å². The summed E-state index contributed by atoms with van der Waals surface area (Å²) in [5.41, 5.74) is 2.95. The molecule has 32 heavy (non-hydrogen) atoms. The Hall–Kier alpha value is -3.35. The molecule has 2 aromatic carbocycles. The molecule has 0 radical (unpaired) electrons. The van der Waals surface area contributed by atoms with Crippen molar-refractivity contribution in [3.05, 3.63) is 59.2 Å². The van der Waals surface area contributed by atoms with Crippen LogP contribution in [0.4, 0.5) is 5.69 Å². The number of nitrogens with one attached hydrogen (secondary N) is 1. The molecule has 7 nitrogen and oxygen atoms in total. The van der Waals surface area contributed by atoms with E-state index >= 15 is 0 Å². The molecule has 0 aliphatic rings. The van der Waals surface area contributed by atoms with E-state index in [1.54, 1.807) is 24.3 Å². The predicted octanol–water partition coefficient (Wildman–Crippen LogP) is 3.98. The summed E-state index contributed by atoms with van der Waals surface area (Å²) in [6.07, 6.45) is 0.946. The van der Waals surface area contributed by atoms with Crippen LogP contribution in [0, 0.1) is 19.8 Å². The van der Waals surface area contributed by atoms with E-state index in [0.29, 0.717) is 23.8 Å². The van der Waals surface area contributed by atoms with Crippen molar-refractivity contribution in [1.29, 1.82) is 0 Å². The number of hydrogen-bond donors (Lipinski definition) is 1. The Morgan fingerprint density at radius 1 is 1.00 bits per heavy atom. The number of para-hydroxylation sites is 1. The molecule has 0 atom stereocenters. The predicted molar refractivity (Wildman–Crippen MR) is 124 cm³/mol. The molecule has 0 aliphatic carbocycles. The van der Waals surface area contributed by atoms with Crippen LogP contribution in [0.25, 0.3) is 0 Å². The van der Waals surface area contributed by atoms with E-state index in [9.17, 15) is 14.4 Å². The van der Waals surface area contributed by atoms with E-state index in [1.807, 2.05) is 32.0 Å². The van der Waals surface area contributed by atoms with Crippen LogP contribution >= 0.6 is 0 Å². The maximum absolute atomic E-state index is 12.3. The number of ether oxygens (including phenoxy) is 2.